The molecule has 186 valence electrons. The van der Waals surface area contributed by atoms with Crippen molar-refractivity contribution in [1.82, 2.24) is 25.2 Å². The van der Waals surface area contributed by atoms with E-state index in [1.165, 1.54) is 12.3 Å². The van der Waals surface area contributed by atoms with Gasteiger partial charge in [0.15, 0.2) is 11.6 Å². The molecule has 0 bridgehead atoms. The number of aromatic nitrogens is 3. The zero-order valence-corrected chi connectivity index (χ0v) is 19.7. The Morgan fingerprint density at radius 2 is 2.09 bits per heavy atom. The van der Waals surface area contributed by atoms with Crippen LogP contribution in [0.15, 0.2) is 36.8 Å². The van der Waals surface area contributed by atoms with Crippen LogP contribution in [0.25, 0.3) is 6.08 Å². The first-order valence-electron chi connectivity index (χ1n) is 12.2. The second-order valence-corrected chi connectivity index (χ2v) is 9.22. The molecule has 0 aromatic carbocycles. The summed E-state index contributed by atoms with van der Waals surface area (Å²) in [5.74, 6) is 1.38. The predicted molar refractivity (Wildman–Crippen MR) is 128 cm³/mol. The highest BCUT2D eigenvalue weighted by atomic mass is 19.1. The van der Waals surface area contributed by atoms with E-state index in [0.29, 0.717) is 36.7 Å². The summed E-state index contributed by atoms with van der Waals surface area (Å²) in [6, 6.07) is 3.95. The molecule has 0 spiro atoms. The zero-order valence-electron chi connectivity index (χ0n) is 19.7. The Morgan fingerprint density at radius 1 is 1.26 bits per heavy atom. The van der Waals surface area contributed by atoms with Crippen LogP contribution in [-0.4, -0.2) is 84.8 Å². The molecule has 2 saturated heterocycles. The van der Waals surface area contributed by atoms with Crippen LogP contribution in [0.1, 0.15) is 12.0 Å². The molecule has 3 fully saturated rings. The smallest absolute Gasteiger partial charge is 0.318 e. The van der Waals surface area contributed by atoms with Crippen molar-refractivity contribution in [2.75, 3.05) is 64.0 Å². The fourth-order valence-corrected chi connectivity index (χ4v) is 5.04. The van der Waals surface area contributed by atoms with Gasteiger partial charge < -0.3 is 19.7 Å². The highest BCUT2D eigenvalue weighted by Gasteiger charge is 2.55. The molecule has 2 aromatic rings. The Hall–Kier alpha value is -3.11. The number of pyridine rings is 1. The third-order valence-electron chi connectivity index (χ3n) is 7.01. The topological polar surface area (TPSA) is 92.7 Å². The number of amides is 1. The van der Waals surface area contributed by atoms with Crippen molar-refractivity contribution in [2.24, 2.45) is 17.8 Å². The maximum absolute atomic E-state index is 14.5. The quantitative estimate of drug-likeness (QED) is 0.511. The Labute approximate surface area is 204 Å². The number of nitrogens with zero attached hydrogens (tertiary/aromatic N) is 5. The number of carbonyl (C=O) groups excluding carboxylic acids is 1. The average Bonchev–Trinajstić information content (AvgIpc) is 3.32. The minimum absolute atomic E-state index is 0.106. The first kappa shape index (κ1) is 23.6. The number of nitrogens with one attached hydrogen (secondary N) is 1. The van der Waals surface area contributed by atoms with Crippen LogP contribution in [0, 0.1) is 23.6 Å². The summed E-state index contributed by atoms with van der Waals surface area (Å²) >= 11 is 0. The van der Waals surface area contributed by atoms with Crippen LogP contribution < -0.4 is 15.0 Å². The minimum Gasteiger partial charge on any atom is -0.462 e. The maximum atomic E-state index is 14.5. The molecule has 2 aliphatic heterocycles. The Morgan fingerprint density at radius 3 is 2.86 bits per heavy atom. The molecule has 2 aromatic heterocycles. The van der Waals surface area contributed by atoms with E-state index in [1.54, 1.807) is 18.5 Å². The molecule has 1 aliphatic carbocycles. The molecule has 4 heterocycles. The monoisotopic (exact) mass is 482 g/mol. The molecule has 0 unspecified atom stereocenters. The average molecular weight is 483 g/mol. The lowest BCUT2D eigenvalue weighted by Crippen LogP contribution is -2.38. The second kappa shape index (κ2) is 11.1. The number of morpholine rings is 1. The number of halogens is 1. The number of rotatable bonds is 10. The first-order chi connectivity index (χ1) is 17.2. The number of hydrogen-bond acceptors (Lipinski definition) is 8. The number of piperidine rings is 1. The van der Waals surface area contributed by atoms with Gasteiger partial charge in [0.2, 0.25) is 5.91 Å². The van der Waals surface area contributed by atoms with Crippen molar-refractivity contribution < 1.29 is 18.7 Å². The first-order valence-corrected chi connectivity index (χ1v) is 12.2. The fraction of sp³-hybridized carbons (Fsp3) is 0.520. The zero-order chi connectivity index (χ0) is 24.0. The van der Waals surface area contributed by atoms with Gasteiger partial charge in [-0.15, -0.1) is 0 Å². The minimum atomic E-state index is -0.420. The number of ether oxygens (including phenoxy) is 2. The molecule has 3 atom stereocenters. The van der Waals surface area contributed by atoms with E-state index < -0.39 is 5.82 Å². The largest absolute Gasteiger partial charge is 0.462 e. The van der Waals surface area contributed by atoms with E-state index >= 15 is 0 Å². The Kier molecular flexibility index (Phi) is 7.48. The van der Waals surface area contributed by atoms with Gasteiger partial charge in [0.05, 0.1) is 19.4 Å². The van der Waals surface area contributed by atoms with E-state index in [-0.39, 0.29) is 11.9 Å². The molecule has 35 heavy (non-hydrogen) atoms. The molecular formula is C25H31FN6O3. The van der Waals surface area contributed by atoms with Crippen molar-refractivity contribution in [3.8, 4) is 6.01 Å². The number of hydrogen-bond donors (Lipinski definition) is 1. The van der Waals surface area contributed by atoms with E-state index in [1.807, 2.05) is 17.0 Å². The van der Waals surface area contributed by atoms with Gasteiger partial charge in [-0.3, -0.25) is 14.7 Å². The Balaban J connectivity index is 1.03. The lowest BCUT2D eigenvalue weighted by atomic mass is 10.2. The summed E-state index contributed by atoms with van der Waals surface area (Å²) in [7, 11) is 0. The second-order valence-electron chi connectivity index (χ2n) is 9.22. The summed E-state index contributed by atoms with van der Waals surface area (Å²) in [5, 5.41) is 2.95. The summed E-state index contributed by atoms with van der Waals surface area (Å²) in [6.07, 6.45) is 8.82. The highest BCUT2D eigenvalue weighted by molar-refractivity contribution is 5.91. The van der Waals surface area contributed by atoms with E-state index in [2.05, 4.69) is 25.2 Å². The van der Waals surface area contributed by atoms with Gasteiger partial charge in [-0.1, -0.05) is 6.07 Å². The molecule has 1 N–H and O–H groups in total. The molecule has 0 radical (unpaired) electrons. The van der Waals surface area contributed by atoms with Gasteiger partial charge in [-0.05, 0) is 41.9 Å². The maximum Gasteiger partial charge on any atom is 0.318 e. The van der Waals surface area contributed by atoms with Crippen LogP contribution in [0.5, 0.6) is 6.01 Å². The van der Waals surface area contributed by atoms with Crippen LogP contribution in [0.4, 0.5) is 10.2 Å². The van der Waals surface area contributed by atoms with Crippen LogP contribution in [0.3, 0.4) is 0 Å². The van der Waals surface area contributed by atoms with Crippen molar-refractivity contribution in [3.05, 3.63) is 48.2 Å². The highest BCUT2D eigenvalue weighted by Crippen LogP contribution is 2.54. The molecule has 9 nitrogen and oxygen atoms in total. The van der Waals surface area contributed by atoms with Crippen molar-refractivity contribution in [3.63, 3.8) is 0 Å². The van der Waals surface area contributed by atoms with E-state index in [4.69, 9.17) is 9.47 Å². The van der Waals surface area contributed by atoms with Crippen molar-refractivity contribution in [2.45, 2.75) is 6.42 Å². The molecule has 10 heteroatoms. The Bertz CT molecular complexity index is 1020. The summed E-state index contributed by atoms with van der Waals surface area (Å²) in [5.41, 5.74) is 0.891. The predicted octanol–water partition coefficient (Wildman–Crippen LogP) is 1.62. The van der Waals surface area contributed by atoms with Gasteiger partial charge in [0.1, 0.15) is 6.61 Å². The molecule has 1 saturated carbocycles. The summed E-state index contributed by atoms with van der Waals surface area (Å²) in [4.78, 5) is 28.7. The number of fused-ring (bicyclic) bond motifs is 1. The number of carbonyl (C=O) groups is 1. The molecule has 1 amide bonds. The van der Waals surface area contributed by atoms with Crippen LogP contribution in [-0.2, 0) is 9.53 Å². The van der Waals surface area contributed by atoms with Crippen molar-refractivity contribution >= 4 is 17.8 Å². The van der Waals surface area contributed by atoms with E-state index in [0.717, 1.165) is 57.9 Å². The molecule has 5 rings (SSSR count). The lowest BCUT2D eigenvalue weighted by Gasteiger charge is -2.26. The number of anilines is 1. The summed E-state index contributed by atoms with van der Waals surface area (Å²) in [6.45, 7) is 6.67. The van der Waals surface area contributed by atoms with Crippen molar-refractivity contribution in [1.29, 1.82) is 0 Å². The normalized spacial score (nSPS) is 23.9. The summed E-state index contributed by atoms with van der Waals surface area (Å²) < 4.78 is 25.5. The lowest BCUT2D eigenvalue weighted by molar-refractivity contribution is -0.116. The third kappa shape index (κ3) is 6.12. The third-order valence-corrected chi connectivity index (χ3v) is 7.01. The van der Waals surface area contributed by atoms with Crippen LogP contribution >= 0.6 is 0 Å². The van der Waals surface area contributed by atoms with Gasteiger partial charge in [-0.25, -0.2) is 9.37 Å². The van der Waals surface area contributed by atoms with Gasteiger partial charge in [0.25, 0.3) is 0 Å². The van der Waals surface area contributed by atoms with E-state index in [9.17, 15) is 9.18 Å². The van der Waals surface area contributed by atoms with Gasteiger partial charge in [-0.2, -0.15) is 4.98 Å². The standard InChI is InChI=1S/C25H31FN6O3/c26-22-15-29-25(35-13-10-31-8-11-34-12-9-31)30-24(22)32-16-20-19(21(20)17-32)5-7-28-23(33)4-3-18-2-1-6-27-14-18/h1-4,6,14-15,19-21H,5,7-13,16-17H2,(H,28,33)/b4-3+/t19-,20+,21-. The van der Waals surface area contributed by atoms with Gasteiger partial charge in [0, 0.05) is 57.7 Å². The van der Waals surface area contributed by atoms with Gasteiger partial charge >= 0.3 is 6.01 Å². The molecule has 3 aliphatic rings. The SMILES string of the molecule is O=C(/C=C/c1cccnc1)NCC[C@H]1[C@H]2CN(c3nc(OCCN4CCOCC4)ncc3F)C[C@@H]12. The fourth-order valence-electron chi connectivity index (χ4n) is 5.04. The molecular weight excluding hydrogens is 451 g/mol. The van der Waals surface area contributed by atoms with Crippen LogP contribution in [0.2, 0.25) is 0 Å².